The monoisotopic (exact) mass is 524 g/mol. The maximum Gasteiger partial charge on any atom is 0.216 e. The number of nitrogens with one attached hydrogen (secondary N) is 1. The number of sulfonamides is 1. The summed E-state index contributed by atoms with van der Waals surface area (Å²) >= 11 is 0. The number of aryl methyl sites for hydroxylation is 1. The van der Waals surface area contributed by atoms with Crippen molar-refractivity contribution in [3.05, 3.63) is 58.7 Å². The van der Waals surface area contributed by atoms with Gasteiger partial charge in [-0.25, -0.2) is 13.1 Å². The second-order valence-corrected chi connectivity index (χ2v) is 13.7. The molecule has 2 saturated carbocycles. The van der Waals surface area contributed by atoms with Crippen LogP contribution >= 0.6 is 0 Å². The molecule has 2 aromatic rings. The molecule has 0 aromatic heterocycles. The number of ether oxygens (including phenoxy) is 2. The molecule has 3 aliphatic carbocycles. The van der Waals surface area contributed by atoms with Crippen LogP contribution in [0, 0.1) is 12.8 Å². The lowest BCUT2D eigenvalue weighted by Gasteiger charge is -2.64. The van der Waals surface area contributed by atoms with E-state index in [0.29, 0.717) is 24.3 Å². The Morgan fingerprint density at radius 2 is 1.97 bits per heavy atom. The van der Waals surface area contributed by atoms with Crippen molar-refractivity contribution in [3.8, 4) is 11.5 Å². The fraction of sp³-hybridized carbons (Fsp3) is 0.586. The first-order valence-electron chi connectivity index (χ1n) is 13.6. The minimum absolute atomic E-state index is 0.0179. The van der Waals surface area contributed by atoms with Crippen LogP contribution in [0.1, 0.15) is 54.4 Å². The number of nitrogens with zero attached hydrogens (tertiary/aromatic N) is 1. The van der Waals surface area contributed by atoms with Gasteiger partial charge in [0.15, 0.2) is 11.5 Å². The van der Waals surface area contributed by atoms with E-state index < -0.39 is 33.2 Å². The number of aliphatic hydroxyl groups is 1. The van der Waals surface area contributed by atoms with Crippen LogP contribution in [-0.2, 0) is 27.6 Å². The van der Waals surface area contributed by atoms with Crippen molar-refractivity contribution in [3.63, 3.8) is 0 Å². The van der Waals surface area contributed by atoms with Crippen molar-refractivity contribution in [1.82, 2.24) is 9.62 Å². The topological polar surface area (TPSA) is 88.1 Å². The normalized spacial score (nSPS) is 34.1. The molecule has 2 aromatic carbocycles. The van der Waals surface area contributed by atoms with E-state index in [1.165, 1.54) is 18.4 Å². The molecule has 8 heteroatoms. The Hall–Kier alpha value is -2.13. The summed E-state index contributed by atoms with van der Waals surface area (Å²) in [5.41, 5.74) is 2.41. The van der Waals surface area contributed by atoms with E-state index in [9.17, 15) is 13.5 Å². The molecular weight excluding hydrogens is 488 g/mol. The zero-order chi connectivity index (χ0) is 25.6. The van der Waals surface area contributed by atoms with Crippen LogP contribution in [-0.4, -0.2) is 62.4 Å². The Balaban J connectivity index is 1.28. The van der Waals surface area contributed by atoms with Crippen LogP contribution in [0.15, 0.2) is 36.4 Å². The summed E-state index contributed by atoms with van der Waals surface area (Å²) in [5, 5.41) is 12.6. The van der Waals surface area contributed by atoms with E-state index in [-0.39, 0.29) is 11.8 Å². The Bertz CT molecular complexity index is 1360. The van der Waals surface area contributed by atoms with Crippen molar-refractivity contribution >= 4 is 10.0 Å². The van der Waals surface area contributed by atoms with E-state index in [1.54, 1.807) is 7.11 Å². The van der Waals surface area contributed by atoms with Crippen molar-refractivity contribution in [2.24, 2.45) is 5.92 Å². The summed E-state index contributed by atoms with van der Waals surface area (Å²) in [6, 6.07) is 11.3. The molecule has 2 N–H and O–H groups in total. The predicted molar refractivity (Wildman–Crippen MR) is 140 cm³/mol. The van der Waals surface area contributed by atoms with Crippen LogP contribution in [0.5, 0.6) is 11.5 Å². The summed E-state index contributed by atoms with van der Waals surface area (Å²) in [5.74, 6) is 2.03. The first-order chi connectivity index (χ1) is 17.8. The first-order valence-corrected chi connectivity index (χ1v) is 15.3. The average Bonchev–Trinajstić information content (AvgIpc) is 3.61. The molecular formula is C29H36N2O5S. The summed E-state index contributed by atoms with van der Waals surface area (Å²) in [6.45, 7) is 3.87. The van der Waals surface area contributed by atoms with Crippen molar-refractivity contribution in [1.29, 1.82) is 0 Å². The molecule has 2 aliphatic heterocycles. The van der Waals surface area contributed by atoms with E-state index in [4.69, 9.17) is 9.47 Å². The number of methoxy groups -OCH3 is 1. The van der Waals surface area contributed by atoms with Crippen LogP contribution in [0.2, 0.25) is 0 Å². The molecule has 2 heterocycles. The van der Waals surface area contributed by atoms with Gasteiger partial charge in [-0.3, -0.25) is 4.90 Å². The van der Waals surface area contributed by atoms with Crippen LogP contribution < -0.4 is 14.2 Å². The summed E-state index contributed by atoms with van der Waals surface area (Å²) in [7, 11) is -1.99. The zero-order valence-corrected chi connectivity index (χ0v) is 22.4. The third kappa shape index (κ3) is 3.45. The van der Waals surface area contributed by atoms with Crippen molar-refractivity contribution in [2.75, 3.05) is 20.2 Å². The van der Waals surface area contributed by atoms with Gasteiger partial charge in [-0.2, -0.15) is 0 Å². The predicted octanol–water partition coefficient (Wildman–Crippen LogP) is 3.06. The molecule has 5 atom stereocenters. The first kappa shape index (κ1) is 23.9. The molecule has 1 saturated heterocycles. The van der Waals surface area contributed by atoms with Crippen LogP contribution in [0.25, 0.3) is 0 Å². The van der Waals surface area contributed by atoms with E-state index in [2.05, 4.69) is 15.7 Å². The Morgan fingerprint density at radius 3 is 2.73 bits per heavy atom. The summed E-state index contributed by atoms with van der Waals surface area (Å²) < 4.78 is 42.3. The van der Waals surface area contributed by atoms with Gasteiger partial charge in [0.2, 0.25) is 10.0 Å². The highest BCUT2D eigenvalue weighted by Crippen LogP contribution is 2.65. The van der Waals surface area contributed by atoms with Gasteiger partial charge in [0.1, 0.15) is 6.10 Å². The SMILES string of the molecule is COc1ccc2c3c1O[C@H]1[C@H](NS(=O)(=O)Cc4ccccc4C)CC[C@@]4(O)[C@@H](C2)N(CC2CC2)CC[C@]314. The highest BCUT2D eigenvalue weighted by molar-refractivity contribution is 7.88. The van der Waals surface area contributed by atoms with Gasteiger partial charge >= 0.3 is 0 Å². The van der Waals surface area contributed by atoms with Gasteiger partial charge in [0.05, 0.1) is 29.9 Å². The van der Waals surface area contributed by atoms with Gasteiger partial charge in [-0.05, 0) is 80.7 Å². The van der Waals surface area contributed by atoms with Crippen molar-refractivity contribution in [2.45, 2.75) is 80.4 Å². The van der Waals surface area contributed by atoms with Gasteiger partial charge < -0.3 is 14.6 Å². The second-order valence-electron chi connectivity index (χ2n) is 11.9. The standard InChI is InChI=1S/C29H36N2O5S/c1-18-5-3-4-6-21(18)17-37(33,34)30-22-11-12-29(32)24-15-20-9-10-23(35-2)26-25(20)28(29,27(22)36-26)13-14-31(24)16-19-7-8-19/h3-6,9-10,19,22,24,27,30,32H,7-8,11-17H2,1-2H3/t22-,24-,27+,28+,29-/m1/s1. The number of benzene rings is 2. The Morgan fingerprint density at radius 1 is 1.16 bits per heavy atom. The highest BCUT2D eigenvalue weighted by Gasteiger charge is 2.73. The molecule has 7 nitrogen and oxygen atoms in total. The molecule has 0 unspecified atom stereocenters. The molecule has 2 bridgehead atoms. The second kappa shape index (κ2) is 8.18. The van der Waals surface area contributed by atoms with Crippen molar-refractivity contribution < 1.29 is 23.0 Å². The van der Waals surface area contributed by atoms with Crippen LogP contribution in [0.4, 0.5) is 0 Å². The van der Waals surface area contributed by atoms with Gasteiger partial charge in [0.25, 0.3) is 0 Å². The largest absolute Gasteiger partial charge is 0.493 e. The smallest absolute Gasteiger partial charge is 0.216 e. The maximum atomic E-state index is 13.4. The van der Waals surface area contributed by atoms with Crippen LogP contribution in [0.3, 0.4) is 0 Å². The molecule has 0 radical (unpaired) electrons. The van der Waals surface area contributed by atoms with Gasteiger partial charge in [-0.1, -0.05) is 30.3 Å². The van der Waals surface area contributed by atoms with E-state index >= 15 is 0 Å². The van der Waals surface area contributed by atoms with E-state index in [1.807, 2.05) is 37.3 Å². The van der Waals surface area contributed by atoms with Gasteiger partial charge in [0, 0.05) is 18.2 Å². The quantitative estimate of drug-likeness (QED) is 0.579. The lowest BCUT2D eigenvalue weighted by Crippen LogP contribution is -2.78. The molecule has 7 rings (SSSR count). The number of hydrogen-bond acceptors (Lipinski definition) is 6. The molecule has 37 heavy (non-hydrogen) atoms. The minimum Gasteiger partial charge on any atom is -0.493 e. The number of hydrogen-bond donors (Lipinski definition) is 2. The molecule has 198 valence electrons. The number of likely N-dealkylation sites (tertiary alicyclic amines) is 1. The highest BCUT2D eigenvalue weighted by atomic mass is 32.2. The summed E-state index contributed by atoms with van der Waals surface area (Å²) in [6.07, 6.45) is 4.70. The fourth-order valence-electron chi connectivity index (χ4n) is 8.00. The summed E-state index contributed by atoms with van der Waals surface area (Å²) in [4.78, 5) is 2.52. The third-order valence-electron chi connectivity index (χ3n) is 9.90. The Kier molecular flexibility index (Phi) is 5.30. The van der Waals surface area contributed by atoms with Gasteiger partial charge in [-0.15, -0.1) is 0 Å². The lowest BCUT2D eigenvalue weighted by atomic mass is 9.48. The van der Waals surface area contributed by atoms with E-state index in [0.717, 1.165) is 48.5 Å². The number of rotatable bonds is 7. The lowest BCUT2D eigenvalue weighted by molar-refractivity contribution is -0.190. The molecule has 1 spiro atoms. The fourth-order valence-corrected chi connectivity index (χ4v) is 9.52. The molecule has 5 aliphatic rings. The average molecular weight is 525 g/mol. The molecule has 3 fully saturated rings. The minimum atomic E-state index is -3.63. The third-order valence-corrected chi connectivity index (χ3v) is 11.3. The zero-order valence-electron chi connectivity index (χ0n) is 21.6. The Labute approximate surface area is 219 Å². The number of piperidine rings is 1. The molecule has 0 amide bonds. The maximum absolute atomic E-state index is 13.4.